The van der Waals surface area contributed by atoms with Crippen molar-refractivity contribution in [2.75, 3.05) is 13.1 Å². The molecule has 0 spiro atoms. The third-order valence-corrected chi connectivity index (χ3v) is 6.49. The van der Waals surface area contributed by atoms with Gasteiger partial charge in [-0.2, -0.15) is 0 Å². The lowest BCUT2D eigenvalue weighted by atomic mass is 9.96. The highest BCUT2D eigenvalue weighted by Gasteiger charge is 2.16. The van der Waals surface area contributed by atoms with Gasteiger partial charge in [0.15, 0.2) is 0 Å². The van der Waals surface area contributed by atoms with Gasteiger partial charge in [-0.15, -0.1) is 0 Å². The Balaban J connectivity index is 1.65. The smallest absolute Gasteiger partial charge is 0.0172 e. The van der Waals surface area contributed by atoms with E-state index in [1.54, 1.807) is 0 Å². The second-order valence-electron chi connectivity index (χ2n) is 8.99. The summed E-state index contributed by atoms with van der Waals surface area (Å²) in [6.45, 7) is 2.05. The zero-order valence-corrected chi connectivity index (χ0v) is 19.3. The Bertz CT molecular complexity index is 683. The fraction of sp³-hybridized carbons (Fsp3) is 0.467. The van der Waals surface area contributed by atoms with Gasteiger partial charge in [0.05, 0.1) is 0 Å². The maximum absolute atomic E-state index is 2.71. The molecule has 1 aliphatic rings. The summed E-state index contributed by atoms with van der Waals surface area (Å²) in [5, 5.41) is 0. The third-order valence-electron chi connectivity index (χ3n) is 6.49. The zero-order valence-electron chi connectivity index (χ0n) is 19.3. The summed E-state index contributed by atoms with van der Waals surface area (Å²) in [5.41, 5.74) is 2.59. The van der Waals surface area contributed by atoms with Crippen molar-refractivity contribution in [1.82, 2.24) is 4.90 Å². The number of hydrogen-bond donors (Lipinski definition) is 0. The molecule has 1 heteroatoms. The van der Waals surface area contributed by atoms with Crippen LogP contribution < -0.4 is 0 Å². The molecular weight excluding hydrogens is 374 g/mol. The molecule has 2 aromatic carbocycles. The Hall–Kier alpha value is -2.12. The van der Waals surface area contributed by atoms with Crippen molar-refractivity contribution < 1.29 is 0 Å². The molecule has 1 saturated carbocycles. The molecule has 2 aromatic rings. The molecule has 1 nitrogen and oxygen atoms in total. The molecule has 0 atom stereocenters. The van der Waals surface area contributed by atoms with Crippen LogP contribution in [-0.4, -0.2) is 24.0 Å². The van der Waals surface area contributed by atoms with Crippen LogP contribution in [0.3, 0.4) is 0 Å². The predicted molar refractivity (Wildman–Crippen MR) is 137 cm³/mol. The first-order chi connectivity index (χ1) is 15.4. The van der Waals surface area contributed by atoms with Gasteiger partial charge in [0.2, 0.25) is 0 Å². The fourth-order valence-electron chi connectivity index (χ4n) is 4.66. The van der Waals surface area contributed by atoms with Gasteiger partial charge in [0.1, 0.15) is 0 Å². The van der Waals surface area contributed by atoms with E-state index in [-0.39, 0.29) is 0 Å². The largest absolute Gasteiger partial charge is 0.293 e. The molecule has 166 valence electrons. The molecule has 3 rings (SSSR count). The Kier molecular flexibility index (Phi) is 11.2. The SMILES string of the molecule is C(=Cc1ccccc1)CN(CC=Cc1ccccc1)C1CCCCCCCCCCC1. The minimum atomic E-state index is 0.695. The van der Waals surface area contributed by atoms with Gasteiger partial charge in [-0.1, -0.05) is 143 Å². The normalized spacial score (nSPS) is 17.7. The van der Waals surface area contributed by atoms with E-state index in [9.17, 15) is 0 Å². The van der Waals surface area contributed by atoms with Crippen LogP contribution in [0.4, 0.5) is 0 Å². The van der Waals surface area contributed by atoms with Gasteiger partial charge in [-0.05, 0) is 24.0 Å². The first kappa shape index (κ1) is 23.5. The van der Waals surface area contributed by atoms with Crippen molar-refractivity contribution in [2.45, 2.75) is 76.7 Å². The van der Waals surface area contributed by atoms with Gasteiger partial charge in [0, 0.05) is 19.1 Å². The van der Waals surface area contributed by atoms with Crippen LogP contribution in [0.25, 0.3) is 12.2 Å². The number of nitrogens with zero attached hydrogens (tertiary/aromatic N) is 1. The monoisotopic (exact) mass is 415 g/mol. The number of benzene rings is 2. The summed E-state index contributed by atoms with van der Waals surface area (Å²) < 4.78 is 0. The maximum Gasteiger partial charge on any atom is 0.0172 e. The summed E-state index contributed by atoms with van der Waals surface area (Å²) in [4.78, 5) is 2.71. The van der Waals surface area contributed by atoms with E-state index >= 15 is 0 Å². The lowest BCUT2D eigenvalue weighted by molar-refractivity contribution is 0.207. The van der Waals surface area contributed by atoms with Gasteiger partial charge >= 0.3 is 0 Å². The molecule has 0 aromatic heterocycles. The van der Waals surface area contributed by atoms with Gasteiger partial charge in [0.25, 0.3) is 0 Å². The molecule has 0 amide bonds. The average molecular weight is 416 g/mol. The van der Waals surface area contributed by atoms with Crippen LogP contribution in [-0.2, 0) is 0 Å². The summed E-state index contributed by atoms with van der Waals surface area (Å²) in [6, 6.07) is 22.1. The topological polar surface area (TPSA) is 3.24 Å². The molecule has 0 unspecified atom stereocenters. The molecular formula is C30H41N. The second kappa shape index (κ2) is 14.8. The molecule has 0 heterocycles. The minimum Gasteiger partial charge on any atom is -0.293 e. The van der Waals surface area contributed by atoms with E-state index < -0.39 is 0 Å². The van der Waals surface area contributed by atoms with Crippen molar-refractivity contribution in [2.24, 2.45) is 0 Å². The lowest BCUT2D eigenvalue weighted by Gasteiger charge is -2.30. The van der Waals surface area contributed by atoms with Crippen LogP contribution in [0.2, 0.25) is 0 Å². The first-order valence-electron chi connectivity index (χ1n) is 12.6. The Morgan fingerprint density at radius 1 is 0.548 bits per heavy atom. The van der Waals surface area contributed by atoms with Crippen molar-refractivity contribution in [3.63, 3.8) is 0 Å². The summed E-state index contributed by atoms with van der Waals surface area (Å²) >= 11 is 0. The molecule has 1 fully saturated rings. The molecule has 0 radical (unpaired) electrons. The van der Waals surface area contributed by atoms with Crippen LogP contribution in [0.15, 0.2) is 72.8 Å². The standard InChI is InChI=1S/C30H41N/c1-2-4-6-14-24-30(25-15-7-5-3-1)31(26-16-22-28-18-10-8-11-19-28)27-17-23-29-20-12-9-13-21-29/h8-13,16-23,30H,1-7,14-15,24-27H2. The molecule has 0 aliphatic heterocycles. The second-order valence-corrected chi connectivity index (χ2v) is 8.99. The van der Waals surface area contributed by atoms with Gasteiger partial charge in [-0.3, -0.25) is 4.90 Å². The highest BCUT2D eigenvalue weighted by atomic mass is 15.1. The van der Waals surface area contributed by atoms with Crippen molar-refractivity contribution in [3.8, 4) is 0 Å². The highest BCUT2D eigenvalue weighted by molar-refractivity contribution is 5.49. The zero-order chi connectivity index (χ0) is 21.4. The molecule has 0 saturated heterocycles. The van der Waals surface area contributed by atoms with Crippen molar-refractivity contribution >= 4 is 12.2 Å². The predicted octanol–water partition coefficient (Wildman–Crippen LogP) is 8.39. The number of hydrogen-bond acceptors (Lipinski definition) is 1. The van der Waals surface area contributed by atoms with E-state index in [0.717, 1.165) is 13.1 Å². The highest BCUT2D eigenvalue weighted by Crippen LogP contribution is 2.21. The van der Waals surface area contributed by atoms with E-state index in [1.807, 2.05) is 0 Å². The Morgan fingerprint density at radius 3 is 1.35 bits per heavy atom. The molecule has 31 heavy (non-hydrogen) atoms. The summed E-state index contributed by atoms with van der Waals surface area (Å²) in [6.07, 6.45) is 24.7. The van der Waals surface area contributed by atoms with Gasteiger partial charge in [-0.25, -0.2) is 0 Å². The van der Waals surface area contributed by atoms with E-state index in [2.05, 4.69) is 89.9 Å². The van der Waals surface area contributed by atoms with Crippen LogP contribution >= 0.6 is 0 Å². The van der Waals surface area contributed by atoms with Gasteiger partial charge < -0.3 is 0 Å². The van der Waals surface area contributed by atoms with E-state index in [4.69, 9.17) is 0 Å². The maximum atomic E-state index is 2.71. The van der Waals surface area contributed by atoms with E-state index in [1.165, 1.54) is 81.8 Å². The van der Waals surface area contributed by atoms with Crippen LogP contribution in [0.5, 0.6) is 0 Å². The lowest BCUT2D eigenvalue weighted by Crippen LogP contribution is -2.35. The van der Waals surface area contributed by atoms with Crippen LogP contribution in [0, 0.1) is 0 Å². The quantitative estimate of drug-likeness (QED) is 0.439. The molecule has 0 N–H and O–H groups in total. The minimum absolute atomic E-state index is 0.695. The first-order valence-corrected chi connectivity index (χ1v) is 12.6. The number of rotatable bonds is 7. The Morgan fingerprint density at radius 2 is 0.935 bits per heavy atom. The fourth-order valence-corrected chi connectivity index (χ4v) is 4.66. The molecule has 0 bridgehead atoms. The molecule has 1 aliphatic carbocycles. The van der Waals surface area contributed by atoms with Crippen molar-refractivity contribution in [1.29, 1.82) is 0 Å². The summed E-state index contributed by atoms with van der Waals surface area (Å²) in [7, 11) is 0. The van der Waals surface area contributed by atoms with Crippen LogP contribution in [0.1, 0.15) is 81.8 Å². The third kappa shape index (κ3) is 9.70. The van der Waals surface area contributed by atoms with Crippen molar-refractivity contribution in [3.05, 3.63) is 83.9 Å². The van der Waals surface area contributed by atoms with E-state index in [0.29, 0.717) is 6.04 Å². The Labute approximate surface area is 190 Å². The summed E-state index contributed by atoms with van der Waals surface area (Å²) in [5.74, 6) is 0. The average Bonchev–Trinajstić information content (AvgIpc) is 2.80.